The third-order valence-corrected chi connectivity index (χ3v) is 3.77. The third-order valence-electron chi connectivity index (χ3n) is 3.77. The molecule has 1 nitrogen and oxygen atoms in total. The first-order valence-corrected chi connectivity index (χ1v) is 6.58. The molecular weight excluding hydrogens is 194 g/mol. The van der Waals surface area contributed by atoms with Gasteiger partial charge in [0.25, 0.3) is 0 Å². The molecule has 1 heteroatoms. The van der Waals surface area contributed by atoms with Gasteiger partial charge < -0.3 is 5.32 Å². The molecule has 0 aliphatic heterocycles. The van der Waals surface area contributed by atoms with Crippen LogP contribution in [0.2, 0.25) is 0 Å². The van der Waals surface area contributed by atoms with Crippen LogP contribution in [-0.4, -0.2) is 12.6 Å². The van der Waals surface area contributed by atoms with Crippen molar-refractivity contribution in [3.8, 4) is 0 Å². The molecule has 1 saturated carbocycles. The van der Waals surface area contributed by atoms with Gasteiger partial charge in [-0.25, -0.2) is 0 Å². The van der Waals surface area contributed by atoms with E-state index in [0.29, 0.717) is 6.04 Å². The second-order valence-electron chi connectivity index (χ2n) is 5.05. The predicted octanol–water partition coefficient (Wildman–Crippen LogP) is 3.25. The molecule has 0 spiro atoms. The van der Waals surface area contributed by atoms with E-state index < -0.39 is 0 Å². The van der Waals surface area contributed by atoms with Gasteiger partial charge in [-0.15, -0.1) is 0 Å². The molecule has 1 fully saturated rings. The van der Waals surface area contributed by atoms with Gasteiger partial charge in [0.15, 0.2) is 0 Å². The molecule has 0 amide bonds. The van der Waals surface area contributed by atoms with Crippen molar-refractivity contribution in [1.82, 2.24) is 5.32 Å². The number of likely N-dealkylation sites (N-methyl/N-ethyl adjacent to an activating group) is 1. The zero-order chi connectivity index (χ0) is 11.4. The standard InChI is InChI=1S/C15H23N/c1-3-16-15(12(2)14-9-10-14)11-13-7-5-4-6-8-13/h4-8,12,14-16H,3,9-11H2,1-2H3. The molecule has 1 aromatic carbocycles. The van der Waals surface area contributed by atoms with Crippen LogP contribution in [-0.2, 0) is 6.42 Å². The van der Waals surface area contributed by atoms with Gasteiger partial charge in [-0.05, 0) is 43.2 Å². The van der Waals surface area contributed by atoms with Crippen molar-refractivity contribution in [2.45, 2.75) is 39.2 Å². The first-order valence-electron chi connectivity index (χ1n) is 6.58. The molecule has 0 saturated heterocycles. The molecular formula is C15H23N. The van der Waals surface area contributed by atoms with Gasteiger partial charge >= 0.3 is 0 Å². The smallest absolute Gasteiger partial charge is 0.0136 e. The minimum absolute atomic E-state index is 0.653. The van der Waals surface area contributed by atoms with Gasteiger partial charge in [-0.3, -0.25) is 0 Å². The highest BCUT2D eigenvalue weighted by molar-refractivity contribution is 5.16. The van der Waals surface area contributed by atoms with Crippen molar-refractivity contribution in [1.29, 1.82) is 0 Å². The number of rotatable bonds is 6. The summed E-state index contributed by atoms with van der Waals surface area (Å²) in [5.74, 6) is 1.80. The molecule has 0 heterocycles. The lowest BCUT2D eigenvalue weighted by Gasteiger charge is -2.25. The maximum Gasteiger partial charge on any atom is 0.0136 e. The highest BCUT2D eigenvalue weighted by Gasteiger charge is 2.32. The van der Waals surface area contributed by atoms with Crippen LogP contribution in [0.15, 0.2) is 30.3 Å². The molecule has 16 heavy (non-hydrogen) atoms. The minimum atomic E-state index is 0.653. The molecule has 2 unspecified atom stereocenters. The first-order chi connectivity index (χ1) is 7.81. The summed E-state index contributed by atoms with van der Waals surface area (Å²) in [5.41, 5.74) is 1.46. The van der Waals surface area contributed by atoms with E-state index in [4.69, 9.17) is 0 Å². The van der Waals surface area contributed by atoms with E-state index in [0.717, 1.165) is 18.4 Å². The van der Waals surface area contributed by atoms with E-state index in [9.17, 15) is 0 Å². The summed E-state index contributed by atoms with van der Waals surface area (Å²) >= 11 is 0. The zero-order valence-corrected chi connectivity index (χ0v) is 10.4. The lowest BCUT2D eigenvalue weighted by atomic mass is 9.91. The molecule has 88 valence electrons. The van der Waals surface area contributed by atoms with Crippen LogP contribution >= 0.6 is 0 Å². The Kier molecular flexibility index (Phi) is 4.00. The fraction of sp³-hybridized carbons (Fsp3) is 0.600. The zero-order valence-electron chi connectivity index (χ0n) is 10.4. The number of hydrogen-bond acceptors (Lipinski definition) is 1. The number of hydrogen-bond donors (Lipinski definition) is 1. The summed E-state index contributed by atoms with van der Waals surface area (Å²) in [6.07, 6.45) is 4.06. The van der Waals surface area contributed by atoms with Crippen LogP contribution in [0.3, 0.4) is 0 Å². The SMILES string of the molecule is CCNC(Cc1ccccc1)C(C)C1CC1. The van der Waals surface area contributed by atoms with Gasteiger partial charge in [-0.2, -0.15) is 0 Å². The van der Waals surface area contributed by atoms with Gasteiger partial charge in [0.2, 0.25) is 0 Å². The molecule has 0 radical (unpaired) electrons. The third kappa shape index (κ3) is 3.08. The van der Waals surface area contributed by atoms with E-state index >= 15 is 0 Å². The normalized spacial score (nSPS) is 19.4. The Morgan fingerprint density at radius 3 is 2.50 bits per heavy atom. The Morgan fingerprint density at radius 2 is 1.94 bits per heavy atom. The average molecular weight is 217 g/mol. The molecule has 0 bridgehead atoms. The van der Waals surface area contributed by atoms with Gasteiger partial charge in [0.1, 0.15) is 0 Å². The van der Waals surface area contributed by atoms with E-state index in [2.05, 4.69) is 49.5 Å². The molecule has 2 rings (SSSR count). The highest BCUT2D eigenvalue weighted by Crippen LogP contribution is 2.38. The second-order valence-corrected chi connectivity index (χ2v) is 5.05. The monoisotopic (exact) mass is 217 g/mol. The highest BCUT2D eigenvalue weighted by atomic mass is 14.9. The summed E-state index contributed by atoms with van der Waals surface area (Å²) in [5, 5.41) is 3.65. The molecule has 1 N–H and O–H groups in total. The maximum absolute atomic E-state index is 3.65. The molecule has 1 aliphatic carbocycles. The van der Waals surface area contributed by atoms with Crippen LogP contribution in [0, 0.1) is 11.8 Å². The van der Waals surface area contributed by atoms with Gasteiger partial charge in [0, 0.05) is 6.04 Å². The Bertz CT molecular complexity index is 302. The van der Waals surface area contributed by atoms with Crippen LogP contribution < -0.4 is 5.32 Å². The fourth-order valence-corrected chi connectivity index (χ4v) is 2.52. The van der Waals surface area contributed by atoms with Crippen LogP contribution in [0.5, 0.6) is 0 Å². The second kappa shape index (κ2) is 5.49. The van der Waals surface area contributed by atoms with Crippen LogP contribution in [0.25, 0.3) is 0 Å². The minimum Gasteiger partial charge on any atom is -0.314 e. The first kappa shape index (κ1) is 11.7. The van der Waals surface area contributed by atoms with E-state index in [-0.39, 0.29) is 0 Å². The number of benzene rings is 1. The molecule has 2 atom stereocenters. The summed E-state index contributed by atoms with van der Waals surface area (Å²) in [6.45, 7) is 5.69. The van der Waals surface area contributed by atoms with Crippen molar-refractivity contribution in [3.05, 3.63) is 35.9 Å². The summed E-state index contributed by atoms with van der Waals surface area (Å²) < 4.78 is 0. The van der Waals surface area contributed by atoms with E-state index in [1.807, 2.05) is 0 Å². The van der Waals surface area contributed by atoms with Crippen LogP contribution in [0.1, 0.15) is 32.3 Å². The summed E-state index contributed by atoms with van der Waals surface area (Å²) in [6, 6.07) is 11.5. The Hall–Kier alpha value is -0.820. The number of nitrogens with one attached hydrogen (secondary N) is 1. The van der Waals surface area contributed by atoms with Crippen molar-refractivity contribution in [3.63, 3.8) is 0 Å². The van der Waals surface area contributed by atoms with Crippen molar-refractivity contribution in [2.75, 3.05) is 6.54 Å². The topological polar surface area (TPSA) is 12.0 Å². The van der Waals surface area contributed by atoms with E-state index in [1.165, 1.54) is 24.8 Å². The van der Waals surface area contributed by atoms with Crippen LogP contribution in [0.4, 0.5) is 0 Å². The average Bonchev–Trinajstić information content (AvgIpc) is 3.13. The largest absolute Gasteiger partial charge is 0.314 e. The maximum atomic E-state index is 3.65. The molecule has 1 aliphatic rings. The van der Waals surface area contributed by atoms with Crippen molar-refractivity contribution < 1.29 is 0 Å². The molecule has 1 aromatic rings. The summed E-state index contributed by atoms with van der Waals surface area (Å²) in [7, 11) is 0. The lowest BCUT2D eigenvalue weighted by molar-refractivity contribution is 0.344. The van der Waals surface area contributed by atoms with Gasteiger partial charge in [0.05, 0.1) is 0 Å². The van der Waals surface area contributed by atoms with Gasteiger partial charge in [-0.1, -0.05) is 44.2 Å². The predicted molar refractivity (Wildman–Crippen MR) is 69.5 cm³/mol. The molecule has 0 aromatic heterocycles. The quantitative estimate of drug-likeness (QED) is 0.771. The summed E-state index contributed by atoms with van der Waals surface area (Å²) in [4.78, 5) is 0. The fourth-order valence-electron chi connectivity index (χ4n) is 2.52. The van der Waals surface area contributed by atoms with Crippen molar-refractivity contribution >= 4 is 0 Å². The van der Waals surface area contributed by atoms with Crippen molar-refractivity contribution in [2.24, 2.45) is 11.8 Å². The van der Waals surface area contributed by atoms with E-state index in [1.54, 1.807) is 0 Å². The Balaban J connectivity index is 1.96. The Morgan fingerprint density at radius 1 is 1.25 bits per heavy atom. The Labute approximate surface area is 99.3 Å². The lowest BCUT2D eigenvalue weighted by Crippen LogP contribution is -2.37.